The van der Waals surface area contributed by atoms with Crippen LogP contribution in [0.25, 0.3) is 0 Å². The molecule has 4 nitrogen and oxygen atoms in total. The standard InChI is InChI=1S/C7H9N3OS/c1-12-6-7(4-8,5(9)11)2-3-10-6/h2-3H2,1H3,(H2,9,11). The number of carbonyl (C=O) groups excluding carboxylic acids is 1. The van der Waals surface area contributed by atoms with Crippen molar-refractivity contribution < 1.29 is 4.79 Å². The quantitative estimate of drug-likeness (QED) is 0.628. The van der Waals surface area contributed by atoms with Crippen molar-refractivity contribution in [2.75, 3.05) is 12.8 Å². The van der Waals surface area contributed by atoms with Crippen LogP contribution in [0, 0.1) is 16.7 Å². The number of rotatable bonds is 1. The van der Waals surface area contributed by atoms with E-state index in [2.05, 4.69) is 4.99 Å². The van der Waals surface area contributed by atoms with Crippen molar-refractivity contribution in [3.8, 4) is 6.07 Å². The third-order valence-electron chi connectivity index (χ3n) is 1.91. The second-order valence-electron chi connectivity index (χ2n) is 2.52. The maximum atomic E-state index is 11.0. The molecule has 0 radical (unpaired) electrons. The van der Waals surface area contributed by atoms with Crippen molar-refractivity contribution in [1.82, 2.24) is 0 Å². The number of hydrogen-bond donors (Lipinski definition) is 1. The van der Waals surface area contributed by atoms with Crippen LogP contribution in [0.2, 0.25) is 0 Å². The predicted octanol–water partition coefficient (Wildman–Crippen LogP) is 0.147. The van der Waals surface area contributed by atoms with Crippen LogP contribution in [0.3, 0.4) is 0 Å². The van der Waals surface area contributed by atoms with Gasteiger partial charge >= 0.3 is 0 Å². The number of hydrogen-bond acceptors (Lipinski definition) is 4. The summed E-state index contributed by atoms with van der Waals surface area (Å²) in [5.74, 6) is -0.587. The minimum Gasteiger partial charge on any atom is -0.368 e. The SMILES string of the molecule is CSC1=NCCC1(C#N)C(N)=O. The van der Waals surface area contributed by atoms with E-state index < -0.39 is 11.3 Å². The highest BCUT2D eigenvalue weighted by atomic mass is 32.2. The van der Waals surface area contributed by atoms with Gasteiger partial charge < -0.3 is 5.73 Å². The molecule has 1 unspecified atom stereocenters. The molecule has 0 spiro atoms. The monoisotopic (exact) mass is 183 g/mol. The Kier molecular flexibility index (Phi) is 2.38. The summed E-state index contributed by atoms with van der Waals surface area (Å²) in [6.45, 7) is 0.521. The zero-order chi connectivity index (χ0) is 9.19. The van der Waals surface area contributed by atoms with Crippen molar-refractivity contribution in [2.24, 2.45) is 16.1 Å². The van der Waals surface area contributed by atoms with Crippen molar-refractivity contribution in [3.05, 3.63) is 0 Å². The highest BCUT2D eigenvalue weighted by Gasteiger charge is 2.44. The van der Waals surface area contributed by atoms with Gasteiger partial charge in [0.1, 0.15) is 0 Å². The van der Waals surface area contributed by atoms with Gasteiger partial charge in [-0.1, -0.05) is 0 Å². The van der Waals surface area contributed by atoms with Crippen molar-refractivity contribution in [2.45, 2.75) is 6.42 Å². The molecule has 1 aliphatic heterocycles. The van der Waals surface area contributed by atoms with Crippen LogP contribution < -0.4 is 5.73 Å². The zero-order valence-electron chi connectivity index (χ0n) is 6.70. The van der Waals surface area contributed by atoms with E-state index in [1.54, 1.807) is 6.26 Å². The Hall–Kier alpha value is -1.02. The lowest BCUT2D eigenvalue weighted by Gasteiger charge is -2.16. The lowest BCUT2D eigenvalue weighted by molar-refractivity contribution is -0.122. The fraction of sp³-hybridized carbons (Fsp3) is 0.571. The van der Waals surface area contributed by atoms with Crippen LogP contribution in [0.4, 0.5) is 0 Å². The first-order valence-electron chi connectivity index (χ1n) is 3.47. The van der Waals surface area contributed by atoms with Crippen LogP contribution in [-0.2, 0) is 4.79 Å². The van der Waals surface area contributed by atoms with Crippen LogP contribution in [0.15, 0.2) is 4.99 Å². The van der Waals surface area contributed by atoms with Gasteiger partial charge in [0.2, 0.25) is 5.91 Å². The molecule has 0 aromatic heterocycles. The number of carbonyl (C=O) groups is 1. The second-order valence-corrected chi connectivity index (χ2v) is 3.32. The Morgan fingerprint density at radius 2 is 2.58 bits per heavy atom. The molecule has 0 saturated heterocycles. The summed E-state index contributed by atoms with van der Waals surface area (Å²) in [6, 6.07) is 1.95. The van der Waals surface area contributed by atoms with E-state index in [1.165, 1.54) is 11.8 Å². The van der Waals surface area contributed by atoms with Gasteiger partial charge in [-0.25, -0.2) is 0 Å². The zero-order valence-corrected chi connectivity index (χ0v) is 7.52. The summed E-state index contributed by atoms with van der Waals surface area (Å²) >= 11 is 1.32. The first-order chi connectivity index (χ1) is 5.67. The molecular weight excluding hydrogens is 174 g/mol. The number of nitrogens with zero attached hydrogens (tertiary/aromatic N) is 2. The lowest BCUT2D eigenvalue weighted by Crippen LogP contribution is -2.39. The van der Waals surface area contributed by atoms with E-state index >= 15 is 0 Å². The first-order valence-corrected chi connectivity index (χ1v) is 4.70. The van der Waals surface area contributed by atoms with Gasteiger partial charge in [-0.05, 0) is 6.26 Å². The van der Waals surface area contributed by atoms with Gasteiger partial charge in [0.25, 0.3) is 0 Å². The van der Waals surface area contributed by atoms with Gasteiger partial charge in [0, 0.05) is 13.0 Å². The van der Waals surface area contributed by atoms with E-state index in [4.69, 9.17) is 11.0 Å². The lowest BCUT2D eigenvalue weighted by atomic mass is 9.88. The first kappa shape index (κ1) is 9.07. The number of primary amides is 1. The highest BCUT2D eigenvalue weighted by molar-refractivity contribution is 8.13. The third kappa shape index (κ3) is 1.08. The summed E-state index contributed by atoms with van der Waals surface area (Å²) in [7, 11) is 0. The van der Waals surface area contributed by atoms with Crippen LogP contribution in [0.5, 0.6) is 0 Å². The molecule has 1 atom stereocenters. The fourth-order valence-electron chi connectivity index (χ4n) is 1.19. The van der Waals surface area contributed by atoms with Crippen LogP contribution >= 0.6 is 11.8 Å². The molecule has 0 aromatic carbocycles. The molecule has 64 valence electrons. The Morgan fingerprint density at radius 1 is 1.92 bits per heavy atom. The predicted molar refractivity (Wildman–Crippen MR) is 47.7 cm³/mol. The molecule has 0 bridgehead atoms. The number of aliphatic imine (C=N–C) groups is 1. The number of thioether (sulfide) groups is 1. The van der Waals surface area contributed by atoms with E-state index in [0.29, 0.717) is 18.0 Å². The van der Waals surface area contributed by atoms with Crippen molar-refractivity contribution in [3.63, 3.8) is 0 Å². The fourth-order valence-corrected chi connectivity index (χ4v) is 2.01. The van der Waals surface area contributed by atoms with Gasteiger partial charge in [0.15, 0.2) is 5.41 Å². The molecule has 2 N–H and O–H groups in total. The Bertz CT molecular complexity index is 281. The van der Waals surface area contributed by atoms with E-state index in [9.17, 15) is 4.79 Å². The Labute approximate surface area is 74.8 Å². The summed E-state index contributed by atoms with van der Waals surface area (Å²) in [6.07, 6.45) is 2.22. The number of nitriles is 1. The molecule has 5 heteroatoms. The molecule has 1 aliphatic rings. The average molecular weight is 183 g/mol. The summed E-state index contributed by atoms with van der Waals surface area (Å²) in [5.41, 5.74) is 4.01. The summed E-state index contributed by atoms with van der Waals surface area (Å²) < 4.78 is 0. The van der Waals surface area contributed by atoms with Gasteiger partial charge in [-0.2, -0.15) is 5.26 Å². The third-order valence-corrected chi connectivity index (χ3v) is 2.78. The topological polar surface area (TPSA) is 79.2 Å². The molecular formula is C7H9N3OS. The van der Waals surface area contributed by atoms with Gasteiger partial charge in [0.05, 0.1) is 11.1 Å². The maximum absolute atomic E-state index is 11.0. The Balaban J connectivity index is 3.05. The molecule has 0 fully saturated rings. The van der Waals surface area contributed by atoms with Gasteiger partial charge in [-0.3, -0.25) is 9.79 Å². The summed E-state index contributed by atoms with van der Waals surface area (Å²) in [4.78, 5) is 15.1. The minimum absolute atomic E-state index is 0.426. The smallest absolute Gasteiger partial charge is 0.244 e. The maximum Gasteiger partial charge on any atom is 0.244 e. The van der Waals surface area contributed by atoms with E-state index in [-0.39, 0.29) is 0 Å². The average Bonchev–Trinajstić information content (AvgIpc) is 2.47. The molecule has 0 aromatic rings. The highest BCUT2D eigenvalue weighted by Crippen LogP contribution is 2.33. The van der Waals surface area contributed by atoms with Gasteiger partial charge in [-0.15, -0.1) is 11.8 Å². The second kappa shape index (κ2) is 3.15. The molecule has 12 heavy (non-hydrogen) atoms. The minimum atomic E-state index is -1.14. The van der Waals surface area contributed by atoms with E-state index in [0.717, 1.165) is 0 Å². The van der Waals surface area contributed by atoms with E-state index in [1.807, 2.05) is 6.07 Å². The van der Waals surface area contributed by atoms with Crippen LogP contribution in [-0.4, -0.2) is 23.8 Å². The molecule has 1 amide bonds. The molecule has 0 saturated carbocycles. The molecule has 1 rings (SSSR count). The molecule has 1 heterocycles. The van der Waals surface area contributed by atoms with Crippen molar-refractivity contribution >= 4 is 22.7 Å². The van der Waals surface area contributed by atoms with Crippen molar-refractivity contribution in [1.29, 1.82) is 5.26 Å². The number of nitrogens with two attached hydrogens (primary N) is 1. The largest absolute Gasteiger partial charge is 0.368 e. The summed E-state index contributed by atoms with van der Waals surface area (Å²) in [5, 5.41) is 9.40. The van der Waals surface area contributed by atoms with Crippen LogP contribution in [0.1, 0.15) is 6.42 Å². The normalized spacial score (nSPS) is 27.8. The number of amides is 1. The molecule has 0 aliphatic carbocycles. The Morgan fingerprint density at radius 3 is 2.92 bits per heavy atom.